The van der Waals surface area contributed by atoms with Gasteiger partial charge in [0, 0.05) is 34.9 Å². The third-order valence-corrected chi connectivity index (χ3v) is 5.35. The van der Waals surface area contributed by atoms with E-state index in [1.807, 2.05) is 25.1 Å². The SMILES string of the molecule is CC(=O)C1=C(C)NC2=C(C(=O)CC(C)(C)C2)C1c1ccc2c(c1)OCO2. The fraction of sp³-hybridized carbons (Fsp3) is 0.429. The van der Waals surface area contributed by atoms with E-state index >= 15 is 0 Å². The van der Waals surface area contributed by atoms with Crippen molar-refractivity contribution in [1.82, 2.24) is 5.32 Å². The average molecular weight is 353 g/mol. The maximum atomic E-state index is 13.0. The highest BCUT2D eigenvalue weighted by atomic mass is 16.7. The van der Waals surface area contributed by atoms with Crippen molar-refractivity contribution in [3.63, 3.8) is 0 Å². The maximum Gasteiger partial charge on any atom is 0.231 e. The zero-order valence-electron chi connectivity index (χ0n) is 15.6. The minimum Gasteiger partial charge on any atom is -0.454 e. The molecule has 4 rings (SSSR count). The highest BCUT2D eigenvalue weighted by Crippen LogP contribution is 2.48. The number of Topliss-reactive ketones (excluding diaryl/α,β-unsaturated/α-hetero) is 2. The van der Waals surface area contributed by atoms with Crippen LogP contribution < -0.4 is 14.8 Å². The van der Waals surface area contributed by atoms with Crippen molar-refractivity contribution in [1.29, 1.82) is 0 Å². The summed E-state index contributed by atoms with van der Waals surface area (Å²) in [4.78, 5) is 25.5. The van der Waals surface area contributed by atoms with Gasteiger partial charge in [-0.1, -0.05) is 19.9 Å². The van der Waals surface area contributed by atoms with E-state index in [-0.39, 0.29) is 29.7 Å². The van der Waals surface area contributed by atoms with E-state index in [1.54, 1.807) is 6.92 Å². The molecule has 26 heavy (non-hydrogen) atoms. The Kier molecular flexibility index (Phi) is 3.72. The van der Waals surface area contributed by atoms with Gasteiger partial charge >= 0.3 is 0 Å². The van der Waals surface area contributed by atoms with E-state index in [0.29, 0.717) is 23.5 Å². The monoisotopic (exact) mass is 353 g/mol. The van der Waals surface area contributed by atoms with Gasteiger partial charge in [0.25, 0.3) is 0 Å². The van der Waals surface area contributed by atoms with Gasteiger partial charge in [-0.05, 0) is 43.4 Å². The Balaban J connectivity index is 1.89. The van der Waals surface area contributed by atoms with Crippen LogP contribution in [-0.4, -0.2) is 18.4 Å². The van der Waals surface area contributed by atoms with Crippen molar-refractivity contribution in [2.75, 3.05) is 6.79 Å². The van der Waals surface area contributed by atoms with Crippen molar-refractivity contribution in [3.8, 4) is 11.5 Å². The van der Waals surface area contributed by atoms with Crippen molar-refractivity contribution in [2.24, 2.45) is 5.41 Å². The molecule has 3 aliphatic rings. The molecule has 0 radical (unpaired) electrons. The van der Waals surface area contributed by atoms with Crippen LogP contribution in [0.15, 0.2) is 40.7 Å². The van der Waals surface area contributed by atoms with Crippen molar-refractivity contribution < 1.29 is 19.1 Å². The second-order valence-corrected chi connectivity index (χ2v) is 8.10. The van der Waals surface area contributed by atoms with E-state index in [0.717, 1.165) is 29.0 Å². The van der Waals surface area contributed by atoms with E-state index in [2.05, 4.69) is 19.2 Å². The normalized spacial score (nSPS) is 23.7. The molecular weight excluding hydrogens is 330 g/mol. The number of hydrogen-bond acceptors (Lipinski definition) is 5. The summed E-state index contributed by atoms with van der Waals surface area (Å²) in [6.07, 6.45) is 1.27. The lowest BCUT2D eigenvalue weighted by Gasteiger charge is -2.39. The zero-order valence-corrected chi connectivity index (χ0v) is 15.6. The Labute approximate surface area is 153 Å². The Morgan fingerprint density at radius 1 is 1.19 bits per heavy atom. The first-order valence-corrected chi connectivity index (χ1v) is 8.91. The van der Waals surface area contributed by atoms with Gasteiger partial charge in [-0.25, -0.2) is 0 Å². The molecule has 5 heteroatoms. The summed E-state index contributed by atoms with van der Waals surface area (Å²) < 4.78 is 10.9. The quantitative estimate of drug-likeness (QED) is 0.880. The molecule has 2 heterocycles. The van der Waals surface area contributed by atoms with Gasteiger partial charge in [-0.2, -0.15) is 0 Å². The lowest BCUT2D eigenvalue weighted by atomic mass is 9.68. The number of hydrogen-bond donors (Lipinski definition) is 1. The largest absolute Gasteiger partial charge is 0.454 e. The van der Waals surface area contributed by atoms with Gasteiger partial charge in [0.1, 0.15) is 0 Å². The van der Waals surface area contributed by atoms with Crippen LogP contribution in [0.3, 0.4) is 0 Å². The number of fused-ring (bicyclic) bond motifs is 1. The first-order valence-electron chi connectivity index (χ1n) is 8.91. The fourth-order valence-electron chi connectivity index (χ4n) is 4.33. The highest BCUT2D eigenvalue weighted by Gasteiger charge is 2.42. The van der Waals surface area contributed by atoms with Crippen LogP contribution in [0.25, 0.3) is 0 Å². The Morgan fingerprint density at radius 2 is 1.92 bits per heavy atom. The molecule has 1 aromatic rings. The number of nitrogens with one attached hydrogen (secondary N) is 1. The van der Waals surface area contributed by atoms with E-state index < -0.39 is 0 Å². The summed E-state index contributed by atoms with van der Waals surface area (Å²) >= 11 is 0. The summed E-state index contributed by atoms with van der Waals surface area (Å²) in [5, 5.41) is 3.35. The molecule has 0 spiro atoms. The molecule has 0 amide bonds. The smallest absolute Gasteiger partial charge is 0.231 e. The molecular formula is C21H23NO4. The molecule has 1 atom stereocenters. The number of dihydropyridines is 1. The lowest BCUT2D eigenvalue weighted by molar-refractivity contribution is -0.118. The number of carbonyl (C=O) groups is 2. The molecule has 2 aliphatic heterocycles. The molecule has 1 aliphatic carbocycles. The van der Waals surface area contributed by atoms with Gasteiger partial charge in [-0.3, -0.25) is 9.59 Å². The van der Waals surface area contributed by atoms with Crippen LogP contribution in [-0.2, 0) is 9.59 Å². The van der Waals surface area contributed by atoms with E-state index in [9.17, 15) is 9.59 Å². The molecule has 1 N–H and O–H groups in total. The molecule has 0 bridgehead atoms. The minimum absolute atomic E-state index is 0.0261. The van der Waals surface area contributed by atoms with Gasteiger partial charge in [0.05, 0.1) is 0 Å². The first-order chi connectivity index (χ1) is 12.3. The maximum absolute atomic E-state index is 13.0. The predicted octanol–water partition coefficient (Wildman–Crippen LogP) is 3.61. The number of ketones is 2. The third-order valence-electron chi connectivity index (χ3n) is 5.35. The Bertz CT molecular complexity index is 891. The molecule has 0 saturated heterocycles. The van der Waals surface area contributed by atoms with Gasteiger partial charge in [0.2, 0.25) is 6.79 Å². The summed E-state index contributed by atoms with van der Waals surface area (Å²) in [5.74, 6) is 1.08. The number of benzene rings is 1. The number of carbonyl (C=O) groups excluding carboxylic acids is 2. The van der Waals surface area contributed by atoms with Crippen LogP contribution in [0.5, 0.6) is 11.5 Å². The predicted molar refractivity (Wildman–Crippen MR) is 96.9 cm³/mol. The topological polar surface area (TPSA) is 64.6 Å². The molecule has 0 fully saturated rings. The molecule has 136 valence electrons. The van der Waals surface area contributed by atoms with Crippen molar-refractivity contribution in [3.05, 3.63) is 46.3 Å². The van der Waals surface area contributed by atoms with Crippen molar-refractivity contribution >= 4 is 11.6 Å². The Hall–Kier alpha value is -2.56. The molecule has 1 unspecified atom stereocenters. The summed E-state index contributed by atoms with van der Waals surface area (Å²) in [6.45, 7) is 7.87. The minimum atomic E-state index is -0.359. The summed E-state index contributed by atoms with van der Waals surface area (Å²) in [5.41, 5.74) is 3.94. The highest BCUT2D eigenvalue weighted by molar-refractivity contribution is 6.05. The first kappa shape index (κ1) is 16.9. The number of ether oxygens (including phenoxy) is 2. The zero-order chi connectivity index (χ0) is 18.6. The lowest BCUT2D eigenvalue weighted by Crippen LogP contribution is -2.38. The summed E-state index contributed by atoms with van der Waals surface area (Å²) in [7, 11) is 0. The number of rotatable bonds is 2. The van der Waals surface area contributed by atoms with Crippen molar-refractivity contribution in [2.45, 2.75) is 46.5 Å². The number of allylic oxidation sites excluding steroid dienone is 4. The third kappa shape index (κ3) is 2.62. The van der Waals surface area contributed by atoms with Crippen LogP contribution >= 0.6 is 0 Å². The Morgan fingerprint density at radius 3 is 2.65 bits per heavy atom. The van der Waals surface area contributed by atoms with Crippen LogP contribution in [0.1, 0.15) is 52.0 Å². The molecule has 5 nitrogen and oxygen atoms in total. The van der Waals surface area contributed by atoms with Gasteiger partial charge < -0.3 is 14.8 Å². The summed E-state index contributed by atoms with van der Waals surface area (Å²) in [6, 6.07) is 5.67. The molecule has 0 aromatic heterocycles. The van der Waals surface area contributed by atoms with Crippen LogP contribution in [0, 0.1) is 5.41 Å². The van der Waals surface area contributed by atoms with E-state index in [4.69, 9.17) is 9.47 Å². The average Bonchev–Trinajstić information content (AvgIpc) is 2.99. The van der Waals surface area contributed by atoms with Gasteiger partial charge in [0.15, 0.2) is 23.1 Å². The fourth-order valence-corrected chi connectivity index (χ4v) is 4.33. The standard InChI is InChI=1S/C21H23NO4/c1-11-18(12(2)23)19(13-5-6-16-17(7-13)26-10-25-16)20-14(22-11)8-21(3,4)9-15(20)24/h5-7,19,22H,8-10H2,1-4H3. The van der Waals surface area contributed by atoms with Crippen LogP contribution in [0.4, 0.5) is 0 Å². The van der Waals surface area contributed by atoms with E-state index in [1.165, 1.54) is 0 Å². The van der Waals surface area contributed by atoms with Crippen LogP contribution in [0.2, 0.25) is 0 Å². The molecule has 1 aromatic carbocycles. The molecule has 0 saturated carbocycles. The second-order valence-electron chi connectivity index (χ2n) is 8.10. The second kappa shape index (κ2) is 5.73. The van der Waals surface area contributed by atoms with Gasteiger partial charge in [-0.15, -0.1) is 0 Å².